The second-order valence-corrected chi connectivity index (χ2v) is 4.87. The molecule has 0 bridgehead atoms. The molecule has 2 N–H and O–H groups in total. The molecule has 1 rings (SSSR count). The number of nitrogens with one attached hydrogen (secondary N) is 2. The molecule has 1 atom stereocenters. The minimum absolute atomic E-state index is 0. The van der Waals surface area contributed by atoms with E-state index >= 15 is 0 Å². The first-order valence-electron chi connectivity index (χ1n) is 7.13. The van der Waals surface area contributed by atoms with E-state index in [9.17, 15) is 13.2 Å². The molecule has 0 amide bonds. The van der Waals surface area contributed by atoms with Crippen LogP contribution in [0.15, 0.2) is 29.3 Å². The van der Waals surface area contributed by atoms with Crippen LogP contribution in [0.5, 0.6) is 5.75 Å². The number of guanidine groups is 1. The van der Waals surface area contributed by atoms with Crippen molar-refractivity contribution in [2.75, 3.05) is 33.9 Å². The molecule has 1 aromatic rings. The fraction of sp³-hybridized carbons (Fsp3) is 0.533. The van der Waals surface area contributed by atoms with E-state index in [1.165, 1.54) is 12.1 Å². The summed E-state index contributed by atoms with van der Waals surface area (Å²) in [7, 11) is 3.24. The van der Waals surface area contributed by atoms with Crippen LogP contribution in [0.2, 0.25) is 0 Å². The van der Waals surface area contributed by atoms with Gasteiger partial charge in [0.2, 0.25) is 0 Å². The van der Waals surface area contributed by atoms with Crippen LogP contribution >= 0.6 is 24.0 Å². The number of benzene rings is 1. The third-order valence-electron chi connectivity index (χ3n) is 2.85. The van der Waals surface area contributed by atoms with Crippen LogP contribution < -0.4 is 15.4 Å². The average molecular weight is 461 g/mol. The number of alkyl halides is 3. The van der Waals surface area contributed by atoms with Gasteiger partial charge in [-0.3, -0.25) is 4.99 Å². The molecule has 0 aliphatic rings. The molecule has 0 heterocycles. The Hall–Kier alpha value is -1.23. The standard InChI is InChI=1S/C15H22F3N3O2.HI/c1-11(10-22-3)21-14(19-2)20-7-8-23-13-6-4-5-12(9-13)15(16,17)18;/h4-6,9,11H,7-8,10H2,1-3H3,(H2,19,20,21);1H. The van der Waals surface area contributed by atoms with Crippen molar-refractivity contribution in [2.45, 2.75) is 19.1 Å². The molecule has 24 heavy (non-hydrogen) atoms. The summed E-state index contributed by atoms with van der Waals surface area (Å²) in [6.07, 6.45) is -4.37. The molecule has 0 aromatic heterocycles. The van der Waals surface area contributed by atoms with Crippen molar-refractivity contribution in [1.82, 2.24) is 10.6 Å². The zero-order chi connectivity index (χ0) is 17.3. The lowest BCUT2D eigenvalue weighted by Gasteiger charge is -2.17. The van der Waals surface area contributed by atoms with Gasteiger partial charge in [0.1, 0.15) is 12.4 Å². The van der Waals surface area contributed by atoms with Gasteiger partial charge in [-0.25, -0.2) is 0 Å². The Kier molecular flexibility index (Phi) is 10.8. The maximum absolute atomic E-state index is 12.6. The van der Waals surface area contributed by atoms with Crippen LogP contribution in [-0.4, -0.2) is 45.9 Å². The van der Waals surface area contributed by atoms with Crippen LogP contribution in [0.3, 0.4) is 0 Å². The van der Waals surface area contributed by atoms with Crippen molar-refractivity contribution in [3.8, 4) is 5.75 Å². The molecule has 138 valence electrons. The highest BCUT2D eigenvalue weighted by atomic mass is 127. The number of halogens is 4. The Morgan fingerprint density at radius 1 is 1.33 bits per heavy atom. The van der Waals surface area contributed by atoms with E-state index in [0.29, 0.717) is 19.1 Å². The summed E-state index contributed by atoms with van der Waals surface area (Å²) >= 11 is 0. The van der Waals surface area contributed by atoms with Crippen LogP contribution in [0, 0.1) is 0 Å². The van der Waals surface area contributed by atoms with Crippen LogP contribution in [0.1, 0.15) is 12.5 Å². The molecule has 0 saturated heterocycles. The van der Waals surface area contributed by atoms with Crippen molar-refractivity contribution >= 4 is 29.9 Å². The minimum atomic E-state index is -4.37. The number of hydrogen-bond donors (Lipinski definition) is 2. The van der Waals surface area contributed by atoms with Crippen molar-refractivity contribution in [3.63, 3.8) is 0 Å². The lowest BCUT2D eigenvalue weighted by molar-refractivity contribution is -0.137. The highest BCUT2D eigenvalue weighted by molar-refractivity contribution is 14.0. The lowest BCUT2D eigenvalue weighted by atomic mass is 10.2. The summed E-state index contributed by atoms with van der Waals surface area (Å²) in [6.45, 7) is 3.08. The minimum Gasteiger partial charge on any atom is -0.492 e. The second-order valence-electron chi connectivity index (χ2n) is 4.87. The molecule has 0 spiro atoms. The molecular weight excluding hydrogens is 438 g/mol. The molecule has 5 nitrogen and oxygen atoms in total. The van der Waals surface area contributed by atoms with E-state index in [-0.39, 0.29) is 42.4 Å². The maximum Gasteiger partial charge on any atom is 0.416 e. The SMILES string of the molecule is CN=C(NCCOc1cccc(C(F)(F)F)c1)NC(C)COC.I. The quantitative estimate of drug-likeness (QED) is 0.284. The Labute approximate surface area is 157 Å². The molecule has 0 fully saturated rings. The van der Waals surface area contributed by atoms with Crippen LogP contribution in [0.25, 0.3) is 0 Å². The largest absolute Gasteiger partial charge is 0.492 e. The summed E-state index contributed by atoms with van der Waals surface area (Å²) in [5.41, 5.74) is -0.728. The lowest BCUT2D eigenvalue weighted by Crippen LogP contribution is -2.45. The second kappa shape index (κ2) is 11.3. The van der Waals surface area contributed by atoms with Gasteiger partial charge in [0, 0.05) is 20.2 Å². The number of hydrogen-bond acceptors (Lipinski definition) is 3. The van der Waals surface area contributed by atoms with E-state index in [2.05, 4.69) is 15.6 Å². The summed E-state index contributed by atoms with van der Waals surface area (Å²) in [5.74, 6) is 0.750. The first kappa shape index (κ1) is 22.8. The highest BCUT2D eigenvalue weighted by Crippen LogP contribution is 2.31. The first-order chi connectivity index (χ1) is 10.9. The van der Waals surface area contributed by atoms with E-state index in [0.717, 1.165) is 12.1 Å². The Morgan fingerprint density at radius 3 is 2.62 bits per heavy atom. The number of nitrogens with zero attached hydrogens (tertiary/aromatic N) is 1. The van der Waals surface area contributed by atoms with Crippen LogP contribution in [0.4, 0.5) is 13.2 Å². The molecular formula is C15H23F3IN3O2. The summed E-state index contributed by atoms with van der Waals surface area (Å²) in [5, 5.41) is 6.11. The number of rotatable bonds is 7. The van der Waals surface area contributed by atoms with E-state index in [1.807, 2.05) is 6.92 Å². The smallest absolute Gasteiger partial charge is 0.416 e. The van der Waals surface area contributed by atoms with E-state index in [4.69, 9.17) is 9.47 Å². The van der Waals surface area contributed by atoms with Gasteiger partial charge in [0.15, 0.2) is 5.96 Å². The van der Waals surface area contributed by atoms with Gasteiger partial charge in [-0.2, -0.15) is 13.2 Å². The van der Waals surface area contributed by atoms with Gasteiger partial charge in [0.25, 0.3) is 0 Å². The normalized spacial score (nSPS) is 13.0. The van der Waals surface area contributed by atoms with E-state index < -0.39 is 11.7 Å². The number of methoxy groups -OCH3 is 1. The van der Waals surface area contributed by atoms with Crippen LogP contribution in [-0.2, 0) is 10.9 Å². The van der Waals surface area contributed by atoms with Gasteiger partial charge < -0.3 is 20.1 Å². The molecule has 0 saturated carbocycles. The molecule has 0 aliphatic carbocycles. The van der Waals surface area contributed by atoms with Gasteiger partial charge in [-0.05, 0) is 25.1 Å². The average Bonchev–Trinajstić information content (AvgIpc) is 2.50. The fourth-order valence-corrected chi connectivity index (χ4v) is 1.82. The summed E-state index contributed by atoms with van der Waals surface area (Å²) in [4.78, 5) is 4.04. The molecule has 1 unspecified atom stereocenters. The number of aliphatic imine (C=N–C) groups is 1. The molecule has 9 heteroatoms. The maximum atomic E-state index is 12.6. The third-order valence-corrected chi connectivity index (χ3v) is 2.85. The van der Waals surface area contributed by atoms with Crippen molar-refractivity contribution in [1.29, 1.82) is 0 Å². The van der Waals surface area contributed by atoms with E-state index in [1.54, 1.807) is 14.2 Å². The molecule has 0 radical (unpaired) electrons. The predicted molar refractivity (Wildman–Crippen MR) is 98.2 cm³/mol. The van der Waals surface area contributed by atoms with Gasteiger partial charge in [-0.1, -0.05) is 6.07 Å². The topological polar surface area (TPSA) is 54.9 Å². The predicted octanol–water partition coefficient (Wildman–Crippen LogP) is 2.90. The third kappa shape index (κ3) is 8.57. The van der Waals surface area contributed by atoms with Crippen molar-refractivity contribution < 1.29 is 22.6 Å². The fourth-order valence-electron chi connectivity index (χ4n) is 1.82. The van der Waals surface area contributed by atoms with Crippen molar-refractivity contribution in [3.05, 3.63) is 29.8 Å². The summed E-state index contributed by atoms with van der Waals surface area (Å²) < 4.78 is 48.1. The number of ether oxygens (including phenoxy) is 2. The summed E-state index contributed by atoms with van der Waals surface area (Å²) in [6, 6.07) is 4.87. The monoisotopic (exact) mass is 461 g/mol. The zero-order valence-corrected chi connectivity index (χ0v) is 16.1. The Balaban J connectivity index is 0.00000529. The Bertz CT molecular complexity index is 513. The highest BCUT2D eigenvalue weighted by Gasteiger charge is 2.30. The molecule has 1 aromatic carbocycles. The van der Waals surface area contributed by atoms with Crippen molar-refractivity contribution in [2.24, 2.45) is 4.99 Å². The Morgan fingerprint density at radius 2 is 2.04 bits per heavy atom. The van der Waals surface area contributed by atoms with Gasteiger partial charge >= 0.3 is 6.18 Å². The van der Waals surface area contributed by atoms with Gasteiger partial charge in [0.05, 0.1) is 18.7 Å². The van der Waals surface area contributed by atoms with Gasteiger partial charge in [-0.15, -0.1) is 24.0 Å². The first-order valence-corrected chi connectivity index (χ1v) is 7.13. The molecule has 0 aliphatic heterocycles. The zero-order valence-electron chi connectivity index (χ0n) is 13.8.